The summed E-state index contributed by atoms with van der Waals surface area (Å²) in [6, 6.07) is 13.6. The highest BCUT2D eigenvalue weighted by Gasteiger charge is 2.27. The second kappa shape index (κ2) is 16.3. The molecule has 226 valence electrons. The molecule has 0 unspecified atom stereocenters. The minimum absolute atomic E-state index is 0.0375. The van der Waals surface area contributed by atoms with Crippen LogP contribution in [-0.4, -0.2) is 50.2 Å². The van der Waals surface area contributed by atoms with Crippen molar-refractivity contribution in [2.45, 2.75) is 84.1 Å². The Hall–Kier alpha value is -4.14. The van der Waals surface area contributed by atoms with E-state index in [1.807, 2.05) is 0 Å². The van der Waals surface area contributed by atoms with Crippen molar-refractivity contribution in [2.24, 2.45) is 5.92 Å². The summed E-state index contributed by atoms with van der Waals surface area (Å²) in [7, 11) is 0. The Balaban J connectivity index is 1.64. The van der Waals surface area contributed by atoms with E-state index in [-0.39, 0.29) is 36.6 Å². The van der Waals surface area contributed by atoms with Crippen molar-refractivity contribution >= 4 is 34.6 Å². The maximum Gasteiger partial charge on any atom is 0.353 e. The van der Waals surface area contributed by atoms with Gasteiger partial charge in [-0.05, 0) is 36.6 Å². The zero-order valence-corrected chi connectivity index (χ0v) is 24.2. The number of rotatable bonds is 20. The predicted octanol–water partition coefficient (Wildman–Crippen LogP) is 6.85. The second-order valence-corrected chi connectivity index (χ2v) is 10.6. The van der Waals surface area contributed by atoms with E-state index in [0.717, 1.165) is 25.7 Å². The molecule has 9 heteroatoms. The number of carbonyl (C=O) groups excluding carboxylic acids is 1. The van der Waals surface area contributed by atoms with Gasteiger partial charge < -0.3 is 24.6 Å². The van der Waals surface area contributed by atoms with Gasteiger partial charge in [0.15, 0.2) is 11.7 Å². The molecule has 0 saturated carbocycles. The molecule has 0 bridgehead atoms. The van der Waals surface area contributed by atoms with Gasteiger partial charge in [0.1, 0.15) is 18.1 Å². The number of aliphatic carboxylic acids is 2. The number of para-hydroxylation sites is 1. The van der Waals surface area contributed by atoms with Gasteiger partial charge >= 0.3 is 17.9 Å². The average Bonchev–Trinajstić information content (AvgIpc) is 3.30. The highest BCUT2D eigenvalue weighted by Crippen LogP contribution is 2.29. The quantitative estimate of drug-likeness (QED) is 0.0749. The van der Waals surface area contributed by atoms with Gasteiger partial charge in [-0.2, -0.15) is 0 Å². The third-order valence-electron chi connectivity index (χ3n) is 7.50. The van der Waals surface area contributed by atoms with Crippen LogP contribution in [0.25, 0.3) is 10.9 Å². The van der Waals surface area contributed by atoms with Gasteiger partial charge in [-0.15, -0.1) is 0 Å². The summed E-state index contributed by atoms with van der Waals surface area (Å²) in [5.74, 6) is -5.20. The zero-order valence-electron chi connectivity index (χ0n) is 24.2. The minimum atomic E-state index is -1.54. The van der Waals surface area contributed by atoms with E-state index in [4.69, 9.17) is 14.9 Å². The molecule has 2 aromatic carbocycles. The maximum absolute atomic E-state index is 13.3. The van der Waals surface area contributed by atoms with Crippen molar-refractivity contribution in [3.05, 3.63) is 65.4 Å². The third-order valence-corrected chi connectivity index (χ3v) is 7.50. The first kappa shape index (κ1) is 32.4. The second-order valence-electron chi connectivity index (χ2n) is 10.6. The number of fused-ring (bicyclic) bond motifs is 1. The molecule has 1 aromatic heterocycles. The highest BCUT2D eigenvalue weighted by molar-refractivity contribution is 6.15. The normalized spacial score (nSPS) is 11.2. The molecule has 9 nitrogen and oxygen atoms in total. The van der Waals surface area contributed by atoms with Gasteiger partial charge in [-0.3, -0.25) is 14.4 Å². The fourth-order valence-corrected chi connectivity index (χ4v) is 5.25. The lowest BCUT2D eigenvalue weighted by molar-refractivity contribution is -0.154. The Bertz CT molecular complexity index is 1340. The number of unbranched alkanes of at least 4 members (excludes halogenated alkanes) is 8. The molecular formula is C33H41NO8. The lowest BCUT2D eigenvalue weighted by atomic mass is 10.00. The van der Waals surface area contributed by atoms with Crippen LogP contribution in [0.4, 0.5) is 0 Å². The average molecular weight is 580 g/mol. The first-order valence-electron chi connectivity index (χ1n) is 14.8. The van der Waals surface area contributed by atoms with Crippen LogP contribution in [0.1, 0.15) is 97.5 Å². The summed E-state index contributed by atoms with van der Waals surface area (Å²) < 4.78 is 7.43. The van der Waals surface area contributed by atoms with Crippen LogP contribution in [0.2, 0.25) is 0 Å². The van der Waals surface area contributed by atoms with Gasteiger partial charge in [0.2, 0.25) is 0 Å². The molecule has 0 atom stereocenters. The number of carboxylic acid groups (broad SMARTS) is 3. The van der Waals surface area contributed by atoms with Crippen LogP contribution < -0.4 is 4.74 Å². The van der Waals surface area contributed by atoms with Gasteiger partial charge in [0, 0.05) is 17.3 Å². The zero-order chi connectivity index (χ0) is 30.5. The van der Waals surface area contributed by atoms with Gasteiger partial charge in [-0.25, -0.2) is 4.79 Å². The monoisotopic (exact) mass is 579 g/mol. The number of aromatic carboxylic acids is 1. The number of Topliss-reactive ketones (excluding diaryl/α,β-unsaturated/α-hetero) is 1. The Kier molecular flexibility index (Phi) is 12.6. The molecule has 0 aliphatic rings. The molecule has 0 saturated heterocycles. The van der Waals surface area contributed by atoms with E-state index in [1.54, 1.807) is 53.1 Å². The lowest BCUT2D eigenvalue weighted by Crippen LogP contribution is -2.25. The number of ketones is 1. The van der Waals surface area contributed by atoms with Crippen molar-refractivity contribution in [3.8, 4) is 5.75 Å². The Morgan fingerprint density at radius 3 is 1.98 bits per heavy atom. The number of carbonyl (C=O) groups is 4. The van der Waals surface area contributed by atoms with Crippen molar-refractivity contribution in [1.82, 2.24) is 4.57 Å². The summed E-state index contributed by atoms with van der Waals surface area (Å²) in [5, 5.41) is 28.9. The van der Waals surface area contributed by atoms with Crippen LogP contribution in [0, 0.1) is 5.92 Å². The molecule has 0 aliphatic carbocycles. The van der Waals surface area contributed by atoms with E-state index in [2.05, 4.69) is 6.92 Å². The van der Waals surface area contributed by atoms with E-state index in [0.29, 0.717) is 28.6 Å². The summed E-state index contributed by atoms with van der Waals surface area (Å²) in [4.78, 5) is 48.0. The third kappa shape index (κ3) is 8.93. The smallest absolute Gasteiger partial charge is 0.353 e. The molecular weight excluding hydrogens is 538 g/mol. The van der Waals surface area contributed by atoms with Gasteiger partial charge in [-0.1, -0.05) is 88.6 Å². The predicted molar refractivity (Wildman–Crippen MR) is 159 cm³/mol. The molecule has 0 fully saturated rings. The molecule has 0 radical (unpaired) electrons. The molecule has 0 aliphatic heterocycles. The largest absolute Gasteiger partial charge is 0.492 e. The van der Waals surface area contributed by atoms with Crippen LogP contribution in [0.5, 0.6) is 5.75 Å². The first-order valence-corrected chi connectivity index (χ1v) is 14.8. The molecule has 3 rings (SSSR count). The number of carboxylic acids is 3. The first-order chi connectivity index (χ1) is 20.2. The van der Waals surface area contributed by atoms with E-state index >= 15 is 0 Å². The number of benzene rings is 2. The van der Waals surface area contributed by atoms with Crippen molar-refractivity contribution in [2.75, 3.05) is 6.61 Å². The van der Waals surface area contributed by atoms with E-state index < -0.39 is 23.8 Å². The molecule has 3 aromatic rings. The summed E-state index contributed by atoms with van der Waals surface area (Å²) in [6.45, 7) is 2.51. The van der Waals surface area contributed by atoms with E-state index in [9.17, 15) is 24.3 Å². The fraction of sp³-hybridized carbons (Fsp3) is 0.455. The number of nitrogens with zero attached hydrogens (tertiary/aromatic N) is 1. The summed E-state index contributed by atoms with van der Waals surface area (Å²) in [6.07, 6.45) is 10.3. The molecule has 0 spiro atoms. The summed E-state index contributed by atoms with van der Waals surface area (Å²) >= 11 is 0. The number of hydrogen-bond acceptors (Lipinski definition) is 5. The van der Waals surface area contributed by atoms with Crippen molar-refractivity contribution in [3.63, 3.8) is 0 Å². The van der Waals surface area contributed by atoms with Gasteiger partial charge in [0.05, 0.1) is 12.1 Å². The molecule has 1 heterocycles. The molecule has 42 heavy (non-hydrogen) atoms. The molecule has 0 amide bonds. The lowest BCUT2D eigenvalue weighted by Gasteiger charge is -2.12. The van der Waals surface area contributed by atoms with Gasteiger partial charge in [0.25, 0.3) is 0 Å². The van der Waals surface area contributed by atoms with Crippen molar-refractivity contribution in [1.29, 1.82) is 0 Å². The topological polar surface area (TPSA) is 143 Å². The Morgan fingerprint density at radius 1 is 0.786 bits per heavy atom. The SMILES string of the molecule is CCCCCCCCCCCC(=O)c1c(C(=O)O)n(CCOc2ccc(CC(C(=O)O)C(=O)O)cc2)c2ccccc12. The van der Waals surface area contributed by atoms with Crippen LogP contribution in [0.3, 0.4) is 0 Å². The fourth-order valence-electron chi connectivity index (χ4n) is 5.25. The number of aromatic nitrogens is 1. The Morgan fingerprint density at radius 2 is 1.38 bits per heavy atom. The maximum atomic E-state index is 13.3. The van der Waals surface area contributed by atoms with Crippen LogP contribution >= 0.6 is 0 Å². The minimum Gasteiger partial charge on any atom is -0.492 e. The van der Waals surface area contributed by atoms with Crippen LogP contribution in [0.15, 0.2) is 48.5 Å². The van der Waals surface area contributed by atoms with Crippen LogP contribution in [-0.2, 0) is 22.6 Å². The molecule has 3 N–H and O–H groups in total. The Labute approximate surface area is 246 Å². The van der Waals surface area contributed by atoms with E-state index in [1.165, 1.54) is 32.1 Å². The standard InChI is InChI=1S/C33H41NO8/c1-2-3-4-5-6-7-8-9-10-15-28(35)29-25-13-11-12-14-27(25)34(30(29)33(40)41)20-21-42-24-18-16-23(17-19-24)22-26(31(36)37)32(38)39/h11-14,16-19,26H,2-10,15,20-22H2,1H3,(H,36,37)(H,38,39)(H,40,41). The number of ether oxygens (including phenoxy) is 1. The number of hydrogen-bond donors (Lipinski definition) is 3. The summed E-state index contributed by atoms with van der Waals surface area (Å²) in [5.41, 5.74) is 1.40. The van der Waals surface area contributed by atoms with Crippen molar-refractivity contribution < 1.29 is 39.2 Å². The highest BCUT2D eigenvalue weighted by atomic mass is 16.5.